The summed E-state index contributed by atoms with van der Waals surface area (Å²) in [7, 11) is 1.88. The number of nitrogens with one attached hydrogen (secondary N) is 1. The molecule has 2 unspecified atom stereocenters. The van der Waals surface area contributed by atoms with Gasteiger partial charge in [-0.05, 0) is 32.1 Å². The molecule has 5 nitrogen and oxygen atoms in total. The molecule has 21 heavy (non-hydrogen) atoms. The van der Waals surface area contributed by atoms with Gasteiger partial charge in [-0.25, -0.2) is 0 Å². The predicted molar refractivity (Wildman–Crippen MR) is 94.4 cm³/mol. The van der Waals surface area contributed by atoms with Crippen molar-refractivity contribution in [3.05, 3.63) is 0 Å². The lowest BCUT2D eigenvalue weighted by atomic mass is 9.87. The molecular formula is C15H28IN3O2. The van der Waals surface area contributed by atoms with E-state index in [-0.39, 0.29) is 24.0 Å². The Bertz CT molecular complexity index is 353. The molecule has 0 bridgehead atoms. The molecule has 0 aromatic carbocycles. The lowest BCUT2D eigenvalue weighted by Gasteiger charge is -2.27. The molecule has 0 aliphatic carbocycles. The number of likely N-dealkylation sites (tertiary alicyclic amines) is 1. The van der Waals surface area contributed by atoms with E-state index in [2.05, 4.69) is 15.2 Å². The van der Waals surface area contributed by atoms with Gasteiger partial charge in [0.2, 0.25) is 0 Å². The second-order valence-corrected chi connectivity index (χ2v) is 6.39. The summed E-state index contributed by atoms with van der Waals surface area (Å²) in [6.45, 7) is 5.82. The van der Waals surface area contributed by atoms with Gasteiger partial charge in [0.25, 0.3) is 0 Å². The SMILES string of the molecule is CN=C(NCC1CCCCO1)N1CCC2(CCOC2)C1.I. The van der Waals surface area contributed by atoms with Crippen LogP contribution in [0.1, 0.15) is 32.1 Å². The zero-order chi connectivity index (χ0) is 13.8. The largest absolute Gasteiger partial charge is 0.381 e. The molecular weight excluding hydrogens is 381 g/mol. The van der Waals surface area contributed by atoms with Crippen molar-refractivity contribution in [3.8, 4) is 0 Å². The number of ether oxygens (including phenoxy) is 2. The topological polar surface area (TPSA) is 46.1 Å². The molecule has 3 fully saturated rings. The molecule has 0 saturated carbocycles. The molecule has 122 valence electrons. The number of rotatable bonds is 2. The highest BCUT2D eigenvalue weighted by atomic mass is 127. The van der Waals surface area contributed by atoms with Gasteiger partial charge in [0, 0.05) is 45.3 Å². The molecule has 0 radical (unpaired) electrons. The molecule has 1 spiro atoms. The van der Waals surface area contributed by atoms with Crippen molar-refractivity contribution < 1.29 is 9.47 Å². The van der Waals surface area contributed by atoms with Gasteiger partial charge < -0.3 is 19.7 Å². The van der Waals surface area contributed by atoms with Gasteiger partial charge in [0.1, 0.15) is 0 Å². The molecule has 3 rings (SSSR count). The number of nitrogens with zero attached hydrogens (tertiary/aromatic N) is 2. The number of aliphatic imine (C=N–C) groups is 1. The van der Waals surface area contributed by atoms with E-state index in [1.165, 1.54) is 32.1 Å². The van der Waals surface area contributed by atoms with Crippen molar-refractivity contribution in [2.45, 2.75) is 38.2 Å². The third-order valence-electron chi connectivity index (χ3n) is 4.90. The van der Waals surface area contributed by atoms with Crippen LogP contribution >= 0.6 is 24.0 Å². The van der Waals surface area contributed by atoms with Crippen molar-refractivity contribution in [1.82, 2.24) is 10.2 Å². The summed E-state index contributed by atoms with van der Waals surface area (Å²) in [5.74, 6) is 1.03. The molecule has 0 amide bonds. The van der Waals surface area contributed by atoms with Crippen molar-refractivity contribution in [2.75, 3.05) is 46.5 Å². The zero-order valence-corrected chi connectivity index (χ0v) is 15.3. The van der Waals surface area contributed by atoms with Gasteiger partial charge in [-0.1, -0.05) is 0 Å². The number of hydrogen-bond donors (Lipinski definition) is 1. The molecule has 3 heterocycles. The fourth-order valence-corrected chi connectivity index (χ4v) is 3.59. The Hall–Kier alpha value is -0.0800. The first kappa shape index (κ1) is 17.3. The van der Waals surface area contributed by atoms with Crippen LogP contribution in [0.25, 0.3) is 0 Å². The Balaban J connectivity index is 0.00000161. The number of hydrogen-bond acceptors (Lipinski definition) is 3. The second-order valence-electron chi connectivity index (χ2n) is 6.39. The van der Waals surface area contributed by atoms with Gasteiger partial charge >= 0.3 is 0 Å². The molecule has 0 aromatic heterocycles. The van der Waals surface area contributed by atoms with Crippen LogP contribution in [0.5, 0.6) is 0 Å². The first-order valence-corrected chi connectivity index (χ1v) is 7.96. The van der Waals surface area contributed by atoms with E-state index in [0.29, 0.717) is 11.5 Å². The van der Waals surface area contributed by atoms with E-state index in [4.69, 9.17) is 9.47 Å². The fraction of sp³-hybridized carbons (Fsp3) is 0.933. The van der Waals surface area contributed by atoms with E-state index in [9.17, 15) is 0 Å². The Kier molecular flexibility index (Phi) is 6.55. The van der Waals surface area contributed by atoms with Crippen molar-refractivity contribution in [3.63, 3.8) is 0 Å². The quantitative estimate of drug-likeness (QED) is 0.430. The molecule has 1 N–H and O–H groups in total. The van der Waals surface area contributed by atoms with Crippen LogP contribution in [0, 0.1) is 5.41 Å². The van der Waals surface area contributed by atoms with Crippen LogP contribution in [0.3, 0.4) is 0 Å². The third kappa shape index (κ3) is 4.22. The van der Waals surface area contributed by atoms with Gasteiger partial charge in [-0.3, -0.25) is 4.99 Å². The van der Waals surface area contributed by atoms with E-state index in [1.807, 2.05) is 7.05 Å². The van der Waals surface area contributed by atoms with Crippen LogP contribution in [-0.4, -0.2) is 63.5 Å². The summed E-state index contributed by atoms with van der Waals surface area (Å²) < 4.78 is 11.4. The average Bonchev–Trinajstić information content (AvgIpc) is 3.12. The Morgan fingerprint density at radius 2 is 2.24 bits per heavy atom. The maximum absolute atomic E-state index is 5.77. The minimum absolute atomic E-state index is 0. The predicted octanol–water partition coefficient (Wildman–Crippen LogP) is 1.86. The minimum atomic E-state index is 0. The lowest BCUT2D eigenvalue weighted by Crippen LogP contribution is -2.45. The van der Waals surface area contributed by atoms with E-state index in [0.717, 1.165) is 45.4 Å². The lowest BCUT2D eigenvalue weighted by molar-refractivity contribution is 0.0191. The van der Waals surface area contributed by atoms with Crippen LogP contribution in [0.2, 0.25) is 0 Å². The van der Waals surface area contributed by atoms with Crippen molar-refractivity contribution in [2.24, 2.45) is 10.4 Å². The Labute approximate surface area is 144 Å². The maximum Gasteiger partial charge on any atom is 0.193 e. The molecule has 0 aromatic rings. The molecule has 3 aliphatic rings. The summed E-state index contributed by atoms with van der Waals surface area (Å²) >= 11 is 0. The zero-order valence-electron chi connectivity index (χ0n) is 13.0. The van der Waals surface area contributed by atoms with Gasteiger partial charge in [0.05, 0.1) is 12.7 Å². The summed E-state index contributed by atoms with van der Waals surface area (Å²) in [6, 6.07) is 0. The Morgan fingerprint density at radius 3 is 2.90 bits per heavy atom. The number of guanidine groups is 1. The smallest absolute Gasteiger partial charge is 0.193 e. The highest BCUT2D eigenvalue weighted by molar-refractivity contribution is 14.0. The summed E-state index contributed by atoms with van der Waals surface area (Å²) in [5.41, 5.74) is 0.388. The molecule has 3 aliphatic heterocycles. The normalized spacial score (nSPS) is 33.3. The standard InChI is InChI=1S/C15H27N3O2.HI/c1-16-14(17-10-13-4-2-3-8-20-13)18-7-5-15(11-18)6-9-19-12-15;/h13H,2-12H2,1H3,(H,16,17);1H. The number of halogens is 1. The molecule has 2 atom stereocenters. The van der Waals surface area contributed by atoms with E-state index < -0.39 is 0 Å². The van der Waals surface area contributed by atoms with E-state index >= 15 is 0 Å². The van der Waals surface area contributed by atoms with E-state index in [1.54, 1.807) is 0 Å². The molecule has 3 saturated heterocycles. The van der Waals surface area contributed by atoms with Crippen molar-refractivity contribution >= 4 is 29.9 Å². The van der Waals surface area contributed by atoms with Crippen LogP contribution in [0.4, 0.5) is 0 Å². The third-order valence-corrected chi connectivity index (χ3v) is 4.90. The van der Waals surface area contributed by atoms with Crippen LogP contribution < -0.4 is 5.32 Å². The molecule has 6 heteroatoms. The summed E-state index contributed by atoms with van der Waals surface area (Å²) in [6.07, 6.45) is 6.45. The second kappa shape index (κ2) is 7.97. The van der Waals surface area contributed by atoms with Crippen LogP contribution in [0.15, 0.2) is 4.99 Å². The first-order chi connectivity index (χ1) is 9.81. The fourth-order valence-electron chi connectivity index (χ4n) is 3.59. The average molecular weight is 409 g/mol. The van der Waals surface area contributed by atoms with Gasteiger partial charge in [0.15, 0.2) is 5.96 Å². The summed E-state index contributed by atoms with van der Waals surface area (Å²) in [5, 5.41) is 3.50. The van der Waals surface area contributed by atoms with Gasteiger partial charge in [-0.2, -0.15) is 0 Å². The van der Waals surface area contributed by atoms with Gasteiger partial charge in [-0.15, -0.1) is 24.0 Å². The highest BCUT2D eigenvalue weighted by Gasteiger charge is 2.42. The first-order valence-electron chi connectivity index (χ1n) is 7.96. The Morgan fingerprint density at radius 1 is 1.33 bits per heavy atom. The van der Waals surface area contributed by atoms with Crippen LogP contribution in [-0.2, 0) is 9.47 Å². The maximum atomic E-state index is 5.77. The highest BCUT2D eigenvalue weighted by Crippen LogP contribution is 2.38. The summed E-state index contributed by atoms with van der Waals surface area (Å²) in [4.78, 5) is 6.83. The van der Waals surface area contributed by atoms with Crippen molar-refractivity contribution in [1.29, 1.82) is 0 Å². The monoisotopic (exact) mass is 409 g/mol. The minimum Gasteiger partial charge on any atom is -0.381 e.